The molecule has 0 radical (unpaired) electrons. The van der Waals surface area contributed by atoms with Crippen LogP contribution >= 0.6 is 0 Å². The highest BCUT2D eigenvalue weighted by atomic mass is 32.2. The quantitative estimate of drug-likeness (QED) is 0.377. The highest BCUT2D eigenvalue weighted by Gasteiger charge is 2.20. The van der Waals surface area contributed by atoms with Crippen molar-refractivity contribution in [1.82, 2.24) is 29.0 Å². The van der Waals surface area contributed by atoms with Crippen LogP contribution in [0, 0.1) is 11.6 Å². The van der Waals surface area contributed by atoms with Gasteiger partial charge in [0.2, 0.25) is 0 Å². The van der Waals surface area contributed by atoms with Gasteiger partial charge in [0.05, 0.1) is 17.6 Å². The number of fused-ring (bicyclic) bond motifs is 1. The van der Waals surface area contributed by atoms with Crippen molar-refractivity contribution in [2.45, 2.75) is 0 Å². The molecule has 0 unspecified atom stereocenters. The van der Waals surface area contributed by atoms with Gasteiger partial charge >= 0.3 is 10.2 Å². The molecule has 0 amide bonds. The largest absolute Gasteiger partial charge is 0.301 e. The van der Waals surface area contributed by atoms with Crippen molar-refractivity contribution in [3.8, 4) is 27.9 Å². The van der Waals surface area contributed by atoms with Crippen molar-refractivity contribution in [3.63, 3.8) is 0 Å². The normalized spacial score (nSPS) is 11.8. The third-order valence-corrected chi connectivity index (χ3v) is 7.28. The van der Waals surface area contributed by atoms with E-state index >= 15 is 0 Å². The van der Waals surface area contributed by atoms with Crippen molar-refractivity contribution >= 4 is 27.1 Å². The first kappa shape index (κ1) is 23.6. The summed E-state index contributed by atoms with van der Waals surface area (Å²) in [6, 6.07) is 9.91. The first-order valence-electron chi connectivity index (χ1n) is 10.8. The van der Waals surface area contributed by atoms with Gasteiger partial charge in [-0.1, -0.05) is 0 Å². The number of rotatable bonds is 6. The molecule has 0 bridgehead atoms. The number of aromatic nitrogens is 5. The summed E-state index contributed by atoms with van der Waals surface area (Å²) in [5, 5.41) is 4.18. The number of imidazole rings is 1. The van der Waals surface area contributed by atoms with E-state index < -0.39 is 21.8 Å². The average molecular weight is 510 g/mol. The molecule has 3 heterocycles. The van der Waals surface area contributed by atoms with Crippen molar-refractivity contribution < 1.29 is 17.2 Å². The monoisotopic (exact) mass is 509 g/mol. The SMILES string of the molecule is CNS(=O)(=O)N(C)c1cc(-c2ccc(F)cc2F)cc(-n2cnc3cc(-c4cnn(C)c4)cnc32)c1. The lowest BCUT2D eigenvalue weighted by Crippen LogP contribution is -2.36. The summed E-state index contributed by atoms with van der Waals surface area (Å²) in [4.78, 5) is 9.03. The fourth-order valence-corrected chi connectivity index (χ4v) is 4.55. The second-order valence-corrected chi connectivity index (χ2v) is 10.0. The van der Waals surface area contributed by atoms with Crippen molar-refractivity contribution in [2.24, 2.45) is 7.05 Å². The Bertz CT molecular complexity index is 1710. The van der Waals surface area contributed by atoms with Gasteiger partial charge in [0.25, 0.3) is 0 Å². The molecule has 3 aromatic heterocycles. The maximum Gasteiger partial charge on any atom is 0.301 e. The zero-order valence-electron chi connectivity index (χ0n) is 19.5. The van der Waals surface area contributed by atoms with E-state index in [2.05, 4.69) is 19.8 Å². The van der Waals surface area contributed by atoms with Crippen LogP contribution in [-0.4, -0.2) is 46.8 Å². The van der Waals surface area contributed by atoms with Crippen molar-refractivity contribution in [1.29, 1.82) is 0 Å². The molecule has 9 nitrogen and oxygen atoms in total. The van der Waals surface area contributed by atoms with Gasteiger partial charge in [0, 0.05) is 56.3 Å². The lowest BCUT2D eigenvalue weighted by Gasteiger charge is -2.21. The van der Waals surface area contributed by atoms with E-state index in [4.69, 9.17) is 0 Å². The highest BCUT2D eigenvalue weighted by molar-refractivity contribution is 7.90. The summed E-state index contributed by atoms with van der Waals surface area (Å²) in [6.07, 6.45) is 6.84. The minimum atomic E-state index is -3.85. The summed E-state index contributed by atoms with van der Waals surface area (Å²) in [7, 11) is 0.645. The van der Waals surface area contributed by atoms with Crippen LogP contribution in [0.4, 0.5) is 14.5 Å². The molecule has 0 atom stereocenters. The predicted octanol–water partition coefficient (Wildman–Crippen LogP) is 3.67. The number of hydrogen-bond acceptors (Lipinski definition) is 5. The molecule has 1 N–H and O–H groups in total. The molecule has 12 heteroatoms. The first-order chi connectivity index (χ1) is 17.2. The smallest absolute Gasteiger partial charge is 0.283 e. The van der Waals surface area contributed by atoms with Gasteiger partial charge in [-0.15, -0.1) is 0 Å². The Balaban J connectivity index is 1.68. The van der Waals surface area contributed by atoms with E-state index in [1.807, 2.05) is 19.3 Å². The van der Waals surface area contributed by atoms with Crippen LogP contribution in [0.1, 0.15) is 0 Å². The summed E-state index contributed by atoms with van der Waals surface area (Å²) in [5.41, 5.74) is 4.07. The molecule has 0 saturated heterocycles. The van der Waals surface area contributed by atoms with Gasteiger partial charge in [-0.2, -0.15) is 13.5 Å². The van der Waals surface area contributed by atoms with Crippen LogP contribution in [0.5, 0.6) is 0 Å². The fraction of sp³-hybridized carbons (Fsp3) is 0.125. The Morgan fingerprint density at radius 1 is 0.972 bits per heavy atom. The predicted molar refractivity (Wildman–Crippen MR) is 133 cm³/mol. The Morgan fingerprint density at radius 2 is 1.78 bits per heavy atom. The van der Waals surface area contributed by atoms with Crippen LogP contribution in [0.3, 0.4) is 0 Å². The zero-order valence-corrected chi connectivity index (χ0v) is 20.3. The number of halogens is 2. The molecule has 5 rings (SSSR count). The molecule has 5 aromatic rings. The van der Waals surface area contributed by atoms with Crippen LogP contribution < -0.4 is 9.03 Å². The number of pyridine rings is 1. The Morgan fingerprint density at radius 3 is 2.47 bits per heavy atom. The van der Waals surface area contributed by atoms with Gasteiger partial charge in [-0.25, -0.2) is 23.5 Å². The molecule has 0 saturated carbocycles. The number of hydrogen-bond donors (Lipinski definition) is 1. The van der Waals surface area contributed by atoms with Crippen LogP contribution in [0.2, 0.25) is 0 Å². The van der Waals surface area contributed by atoms with Gasteiger partial charge < -0.3 is 0 Å². The minimum absolute atomic E-state index is 0.117. The molecule has 0 spiro atoms. The lowest BCUT2D eigenvalue weighted by molar-refractivity contribution is 0.585. The molecule has 184 valence electrons. The average Bonchev–Trinajstić information content (AvgIpc) is 3.49. The minimum Gasteiger partial charge on any atom is -0.283 e. The van der Waals surface area contributed by atoms with E-state index in [0.29, 0.717) is 22.4 Å². The van der Waals surface area contributed by atoms with Crippen molar-refractivity contribution in [3.05, 3.63) is 79.0 Å². The molecule has 36 heavy (non-hydrogen) atoms. The van der Waals surface area contributed by atoms with E-state index in [-0.39, 0.29) is 11.3 Å². The van der Waals surface area contributed by atoms with Crippen LogP contribution in [0.25, 0.3) is 39.1 Å². The third-order valence-electron chi connectivity index (χ3n) is 5.83. The van der Waals surface area contributed by atoms with Gasteiger partial charge in [-0.3, -0.25) is 13.6 Å². The Labute approximate surface area is 205 Å². The number of nitrogens with one attached hydrogen (secondary N) is 1. The van der Waals surface area contributed by atoms with Gasteiger partial charge in [0.1, 0.15) is 23.5 Å². The summed E-state index contributed by atoms with van der Waals surface area (Å²) in [6.45, 7) is 0. The van der Waals surface area contributed by atoms with Gasteiger partial charge in [-0.05, 0) is 42.0 Å². The van der Waals surface area contributed by atoms with Crippen LogP contribution in [0.15, 0.2) is 67.4 Å². The standard InChI is InChI=1S/C24H21F2N7O2S/c1-27-36(34,35)32(3)19-6-15(21-5-4-18(25)9-22(21)26)7-20(10-19)33-14-29-23-8-16(11-28-24(23)33)17-12-30-31(2)13-17/h4-14,27H,1-3H3. The number of nitrogens with zero attached hydrogens (tertiary/aromatic N) is 6. The van der Waals surface area contributed by atoms with E-state index in [9.17, 15) is 17.2 Å². The van der Waals surface area contributed by atoms with E-state index in [1.54, 1.807) is 40.1 Å². The summed E-state index contributed by atoms with van der Waals surface area (Å²) >= 11 is 0. The number of aryl methyl sites for hydroxylation is 1. The molecule has 0 aliphatic carbocycles. The fourth-order valence-electron chi connectivity index (χ4n) is 3.89. The first-order valence-corrected chi connectivity index (χ1v) is 12.2. The third kappa shape index (κ3) is 4.20. The van der Waals surface area contributed by atoms with Gasteiger partial charge in [0.15, 0.2) is 5.65 Å². The molecular formula is C24H21F2N7O2S. The van der Waals surface area contributed by atoms with Crippen LogP contribution in [-0.2, 0) is 17.3 Å². The maximum atomic E-state index is 14.7. The second kappa shape index (κ2) is 8.81. The molecular weight excluding hydrogens is 488 g/mol. The second-order valence-electron chi connectivity index (χ2n) is 8.12. The molecule has 0 aliphatic heterocycles. The van der Waals surface area contributed by atoms with E-state index in [0.717, 1.165) is 27.6 Å². The summed E-state index contributed by atoms with van der Waals surface area (Å²) in [5.74, 6) is -1.48. The highest BCUT2D eigenvalue weighted by Crippen LogP contribution is 2.32. The molecule has 0 aliphatic rings. The topological polar surface area (TPSA) is 97.9 Å². The maximum absolute atomic E-state index is 14.7. The zero-order chi connectivity index (χ0) is 25.6. The Kier molecular flexibility index (Phi) is 5.77. The number of anilines is 1. The number of benzene rings is 2. The Hall–Kier alpha value is -4.16. The summed E-state index contributed by atoms with van der Waals surface area (Å²) < 4.78 is 59.9. The molecule has 2 aromatic carbocycles. The van der Waals surface area contributed by atoms with Crippen molar-refractivity contribution in [2.75, 3.05) is 18.4 Å². The van der Waals surface area contributed by atoms with E-state index in [1.165, 1.54) is 26.2 Å². The molecule has 0 fully saturated rings. The lowest BCUT2D eigenvalue weighted by atomic mass is 10.0.